The van der Waals surface area contributed by atoms with Gasteiger partial charge in [-0.25, -0.2) is 0 Å². The molecule has 1 aliphatic heterocycles. The lowest BCUT2D eigenvalue weighted by molar-refractivity contribution is -0.118. The van der Waals surface area contributed by atoms with E-state index >= 15 is 0 Å². The quantitative estimate of drug-likeness (QED) is 0.650. The maximum atomic E-state index is 12.0. The van der Waals surface area contributed by atoms with Crippen LogP contribution in [0.1, 0.15) is 11.1 Å². The highest BCUT2D eigenvalue weighted by molar-refractivity contribution is 8.15. The van der Waals surface area contributed by atoms with Crippen LogP contribution < -0.4 is 5.32 Å². The zero-order valence-electron chi connectivity index (χ0n) is 12.5. The maximum Gasteiger partial charge on any atom is 0.239 e. The first-order valence-corrected chi connectivity index (χ1v) is 8.48. The third-order valence-corrected chi connectivity index (χ3v) is 4.68. The number of rotatable bonds is 4. The van der Waals surface area contributed by atoms with E-state index < -0.39 is 0 Å². The van der Waals surface area contributed by atoms with Crippen molar-refractivity contribution in [3.05, 3.63) is 64.7 Å². The molecule has 5 nitrogen and oxygen atoms in total. The number of benzene rings is 2. The molecule has 1 atom stereocenters. The highest BCUT2D eigenvalue weighted by Gasteiger charge is 2.30. The molecule has 0 spiro atoms. The van der Waals surface area contributed by atoms with E-state index in [-0.39, 0.29) is 16.9 Å². The van der Waals surface area contributed by atoms with Crippen LogP contribution in [-0.2, 0) is 11.2 Å². The van der Waals surface area contributed by atoms with Crippen molar-refractivity contribution in [3.8, 4) is 5.75 Å². The summed E-state index contributed by atoms with van der Waals surface area (Å²) in [5.41, 5.74) is 1.85. The van der Waals surface area contributed by atoms with Crippen LogP contribution in [-0.4, -0.2) is 27.6 Å². The lowest BCUT2D eigenvalue weighted by Crippen LogP contribution is -2.25. The van der Waals surface area contributed by atoms with E-state index in [4.69, 9.17) is 11.6 Å². The van der Waals surface area contributed by atoms with Gasteiger partial charge in [-0.3, -0.25) is 4.79 Å². The molecule has 2 aromatic rings. The summed E-state index contributed by atoms with van der Waals surface area (Å²) in [6.45, 7) is 0. The number of phenolic OH excluding ortho intramolecular Hbond substituents is 1. The molecule has 1 heterocycles. The van der Waals surface area contributed by atoms with E-state index in [9.17, 15) is 9.90 Å². The minimum absolute atomic E-state index is 0.0754. The van der Waals surface area contributed by atoms with Crippen LogP contribution in [0.2, 0.25) is 5.02 Å². The molecule has 1 amide bonds. The average Bonchev–Trinajstić information content (AvgIpc) is 2.91. The molecule has 3 rings (SSSR count). The number of hydrogen-bond donors (Lipinski definition) is 2. The number of amides is 1. The van der Waals surface area contributed by atoms with E-state index in [1.165, 1.54) is 11.8 Å². The van der Waals surface area contributed by atoms with Crippen LogP contribution in [0.15, 0.2) is 58.7 Å². The standard InChI is InChI=1S/C17H14ClN3O2S/c18-13-5-1-11(2-6-13)9-15-16(23)20-17(24-15)21-19-10-12-3-7-14(22)8-4-12/h1-8,10,15,22H,9H2,(H,20,21,23)/b19-10+/t15-/m1/s1. The first-order chi connectivity index (χ1) is 11.6. The molecule has 1 aliphatic rings. The molecule has 122 valence electrons. The van der Waals surface area contributed by atoms with Gasteiger partial charge in [0.05, 0.1) is 11.5 Å². The molecule has 2 aromatic carbocycles. The number of nitrogens with zero attached hydrogens (tertiary/aromatic N) is 2. The van der Waals surface area contributed by atoms with Gasteiger partial charge in [0, 0.05) is 5.02 Å². The second kappa shape index (κ2) is 7.51. The van der Waals surface area contributed by atoms with Crippen LogP contribution in [0.4, 0.5) is 0 Å². The zero-order valence-corrected chi connectivity index (χ0v) is 14.1. The Morgan fingerprint density at radius 3 is 2.58 bits per heavy atom. The van der Waals surface area contributed by atoms with Crippen molar-refractivity contribution >= 4 is 40.7 Å². The van der Waals surface area contributed by atoms with Gasteiger partial charge in [-0.15, -0.1) is 5.10 Å². The van der Waals surface area contributed by atoms with Crippen molar-refractivity contribution in [1.29, 1.82) is 0 Å². The Hall–Kier alpha value is -2.31. The second-order valence-corrected chi connectivity index (χ2v) is 6.80. The lowest BCUT2D eigenvalue weighted by Gasteiger charge is -2.05. The summed E-state index contributed by atoms with van der Waals surface area (Å²) in [5.74, 6) is 0.121. The third kappa shape index (κ3) is 4.37. The maximum absolute atomic E-state index is 12.0. The molecule has 2 N–H and O–H groups in total. The van der Waals surface area contributed by atoms with Crippen LogP contribution >= 0.6 is 23.4 Å². The van der Waals surface area contributed by atoms with Crippen LogP contribution in [0, 0.1) is 0 Å². The number of phenols is 1. The van der Waals surface area contributed by atoms with Gasteiger partial charge < -0.3 is 10.4 Å². The number of hydrogen-bond acceptors (Lipinski definition) is 5. The predicted octanol–water partition coefficient (Wildman–Crippen LogP) is 3.21. The Morgan fingerprint density at radius 2 is 1.88 bits per heavy atom. The SMILES string of the molecule is O=C1N/C(=N\N=C\c2ccc(O)cc2)S[C@@H]1Cc1ccc(Cl)cc1. The molecule has 0 aromatic heterocycles. The van der Waals surface area contributed by atoms with Crippen molar-refractivity contribution in [2.75, 3.05) is 0 Å². The van der Waals surface area contributed by atoms with Crippen LogP contribution in [0.25, 0.3) is 0 Å². The van der Waals surface area contributed by atoms with Gasteiger partial charge in [-0.2, -0.15) is 5.10 Å². The number of halogens is 1. The van der Waals surface area contributed by atoms with Gasteiger partial charge in [0.25, 0.3) is 0 Å². The number of nitrogens with one attached hydrogen (secondary N) is 1. The second-order valence-electron chi connectivity index (χ2n) is 5.17. The Morgan fingerprint density at radius 1 is 1.17 bits per heavy atom. The summed E-state index contributed by atoms with van der Waals surface area (Å²) in [4.78, 5) is 12.0. The molecular formula is C17H14ClN3O2S. The summed E-state index contributed by atoms with van der Waals surface area (Å²) in [6, 6.07) is 14.0. The fourth-order valence-corrected chi connectivity index (χ4v) is 3.22. The molecule has 1 saturated heterocycles. The Kier molecular flexibility index (Phi) is 5.17. The van der Waals surface area contributed by atoms with Gasteiger partial charge in [-0.1, -0.05) is 35.5 Å². The van der Waals surface area contributed by atoms with E-state index in [2.05, 4.69) is 15.5 Å². The Bertz CT molecular complexity index is 788. The fraction of sp³-hybridized carbons (Fsp3) is 0.118. The molecule has 7 heteroatoms. The monoisotopic (exact) mass is 359 g/mol. The van der Waals surface area contributed by atoms with Gasteiger partial charge >= 0.3 is 0 Å². The molecule has 24 heavy (non-hydrogen) atoms. The minimum atomic E-state index is -0.228. The predicted molar refractivity (Wildman–Crippen MR) is 97.8 cm³/mol. The van der Waals surface area contributed by atoms with Crippen LogP contribution in [0.5, 0.6) is 5.75 Å². The minimum Gasteiger partial charge on any atom is -0.508 e. The number of amidine groups is 1. The summed E-state index contributed by atoms with van der Waals surface area (Å²) < 4.78 is 0. The van der Waals surface area contributed by atoms with Gasteiger partial charge in [0.2, 0.25) is 5.91 Å². The summed E-state index contributed by atoms with van der Waals surface area (Å²) in [5, 5.41) is 20.9. The molecule has 0 radical (unpaired) electrons. The highest BCUT2D eigenvalue weighted by Crippen LogP contribution is 2.24. The normalized spacial score (nSPS) is 19.1. The Balaban J connectivity index is 1.61. The van der Waals surface area contributed by atoms with Gasteiger partial charge in [0.15, 0.2) is 5.17 Å². The van der Waals surface area contributed by atoms with Crippen molar-refractivity contribution in [2.45, 2.75) is 11.7 Å². The molecule has 0 bridgehead atoms. The Labute approximate surface area is 148 Å². The highest BCUT2D eigenvalue weighted by atomic mass is 35.5. The first-order valence-electron chi connectivity index (χ1n) is 7.22. The van der Waals surface area contributed by atoms with Crippen molar-refractivity contribution in [2.24, 2.45) is 10.2 Å². The van der Waals surface area contributed by atoms with E-state index in [0.29, 0.717) is 16.6 Å². The third-order valence-electron chi connectivity index (χ3n) is 3.36. The number of thioether (sulfide) groups is 1. The number of aromatic hydroxyl groups is 1. The van der Waals surface area contributed by atoms with Gasteiger partial charge in [0.1, 0.15) is 5.75 Å². The largest absolute Gasteiger partial charge is 0.508 e. The molecule has 0 unspecified atom stereocenters. The zero-order chi connectivity index (χ0) is 16.9. The van der Waals surface area contributed by atoms with E-state index in [0.717, 1.165) is 11.1 Å². The fourth-order valence-electron chi connectivity index (χ4n) is 2.13. The van der Waals surface area contributed by atoms with Crippen LogP contribution in [0.3, 0.4) is 0 Å². The van der Waals surface area contributed by atoms with Crippen molar-refractivity contribution in [3.63, 3.8) is 0 Å². The molecular weight excluding hydrogens is 346 g/mol. The lowest BCUT2D eigenvalue weighted by atomic mass is 10.1. The molecule has 0 aliphatic carbocycles. The van der Waals surface area contributed by atoms with Crippen molar-refractivity contribution < 1.29 is 9.90 Å². The summed E-state index contributed by atoms with van der Waals surface area (Å²) in [6.07, 6.45) is 2.17. The smallest absolute Gasteiger partial charge is 0.239 e. The summed E-state index contributed by atoms with van der Waals surface area (Å²) >= 11 is 7.22. The molecule has 1 fully saturated rings. The summed E-state index contributed by atoms with van der Waals surface area (Å²) in [7, 11) is 0. The van der Waals surface area contributed by atoms with Gasteiger partial charge in [-0.05, 0) is 53.9 Å². The number of carbonyl (C=O) groups excluding carboxylic acids is 1. The molecule has 0 saturated carbocycles. The van der Waals surface area contributed by atoms with E-state index in [1.807, 2.05) is 24.3 Å². The number of carbonyl (C=O) groups is 1. The van der Waals surface area contributed by atoms with Crippen molar-refractivity contribution in [1.82, 2.24) is 5.32 Å². The topological polar surface area (TPSA) is 74.0 Å². The first kappa shape index (κ1) is 16.5. The van der Waals surface area contributed by atoms with E-state index in [1.54, 1.807) is 30.5 Å². The average molecular weight is 360 g/mol.